The third-order valence-corrected chi connectivity index (χ3v) is 2.86. The minimum atomic E-state index is -1.10. The lowest BCUT2D eigenvalue weighted by molar-refractivity contribution is -0.136. The molecule has 0 saturated carbocycles. The van der Waals surface area contributed by atoms with E-state index in [2.05, 4.69) is 0 Å². The molecule has 4 nitrogen and oxygen atoms in total. The lowest BCUT2D eigenvalue weighted by atomic mass is 10.2. The quantitative estimate of drug-likeness (QED) is 0.653. The first kappa shape index (κ1) is 14.7. The molecular weight excluding hydrogens is 268 g/mol. The Morgan fingerprint density at radius 2 is 1.76 bits per heavy atom. The van der Waals surface area contributed by atoms with E-state index in [4.69, 9.17) is 9.47 Å². The minimum absolute atomic E-state index is 0.0935. The molecule has 0 unspecified atom stereocenters. The van der Waals surface area contributed by atoms with Gasteiger partial charge >= 0.3 is 5.97 Å². The molecule has 21 heavy (non-hydrogen) atoms. The molecule has 108 valence electrons. The molecule has 0 heterocycles. The van der Waals surface area contributed by atoms with Gasteiger partial charge in [-0.15, -0.1) is 0 Å². The molecule has 0 aliphatic heterocycles. The van der Waals surface area contributed by atoms with Crippen LogP contribution in [0.15, 0.2) is 60.4 Å². The van der Waals surface area contributed by atoms with E-state index >= 15 is 0 Å². The van der Waals surface area contributed by atoms with Crippen LogP contribution in [0.3, 0.4) is 0 Å². The molecule has 0 saturated heterocycles. The number of carboxylic acid groups (broad SMARTS) is 1. The largest absolute Gasteiger partial charge is 0.497 e. The average Bonchev–Trinajstić information content (AvgIpc) is 2.52. The maximum Gasteiger partial charge on any atom is 0.371 e. The lowest BCUT2D eigenvalue weighted by Gasteiger charge is -2.07. The second-order valence-corrected chi connectivity index (χ2v) is 4.36. The Kier molecular flexibility index (Phi) is 4.99. The summed E-state index contributed by atoms with van der Waals surface area (Å²) in [6, 6.07) is 16.5. The van der Waals surface area contributed by atoms with Gasteiger partial charge in [0.1, 0.15) is 12.4 Å². The van der Waals surface area contributed by atoms with Crippen LogP contribution in [0, 0.1) is 0 Å². The van der Waals surface area contributed by atoms with Crippen LogP contribution in [-0.2, 0) is 16.1 Å². The van der Waals surface area contributed by atoms with Gasteiger partial charge in [-0.1, -0.05) is 42.5 Å². The van der Waals surface area contributed by atoms with E-state index in [1.165, 1.54) is 6.08 Å². The van der Waals surface area contributed by atoms with Gasteiger partial charge in [0.15, 0.2) is 0 Å². The number of hydrogen-bond acceptors (Lipinski definition) is 3. The van der Waals surface area contributed by atoms with Crippen molar-refractivity contribution in [2.24, 2.45) is 0 Å². The van der Waals surface area contributed by atoms with Crippen molar-refractivity contribution < 1.29 is 19.4 Å². The van der Waals surface area contributed by atoms with Gasteiger partial charge in [0.2, 0.25) is 5.76 Å². The van der Waals surface area contributed by atoms with Crippen molar-refractivity contribution in [3.8, 4) is 5.75 Å². The van der Waals surface area contributed by atoms with Crippen LogP contribution in [0.25, 0.3) is 6.08 Å². The first-order chi connectivity index (χ1) is 10.2. The van der Waals surface area contributed by atoms with Crippen LogP contribution in [0.4, 0.5) is 0 Å². The summed E-state index contributed by atoms with van der Waals surface area (Å²) in [6.07, 6.45) is 1.49. The van der Waals surface area contributed by atoms with Crippen LogP contribution in [-0.4, -0.2) is 18.2 Å². The van der Waals surface area contributed by atoms with Crippen molar-refractivity contribution in [1.29, 1.82) is 0 Å². The van der Waals surface area contributed by atoms with Crippen molar-refractivity contribution in [3.63, 3.8) is 0 Å². The van der Waals surface area contributed by atoms with Crippen LogP contribution >= 0.6 is 0 Å². The Morgan fingerprint density at radius 3 is 2.33 bits per heavy atom. The number of carboxylic acids is 1. The van der Waals surface area contributed by atoms with Crippen molar-refractivity contribution in [2.75, 3.05) is 7.11 Å². The van der Waals surface area contributed by atoms with Gasteiger partial charge in [-0.3, -0.25) is 0 Å². The zero-order valence-corrected chi connectivity index (χ0v) is 11.7. The maximum atomic E-state index is 11.2. The van der Waals surface area contributed by atoms with E-state index < -0.39 is 5.97 Å². The Balaban J connectivity index is 2.10. The Labute approximate surface area is 123 Å². The predicted molar refractivity (Wildman–Crippen MR) is 79.8 cm³/mol. The number of carbonyl (C=O) groups is 1. The van der Waals surface area contributed by atoms with Crippen LogP contribution < -0.4 is 4.74 Å². The molecule has 2 aromatic rings. The van der Waals surface area contributed by atoms with Gasteiger partial charge in [-0.05, 0) is 29.3 Å². The summed E-state index contributed by atoms with van der Waals surface area (Å²) in [6.45, 7) is 0.217. The fourth-order valence-electron chi connectivity index (χ4n) is 1.75. The van der Waals surface area contributed by atoms with Gasteiger partial charge in [-0.2, -0.15) is 0 Å². The Hall–Kier alpha value is -2.75. The Morgan fingerprint density at radius 1 is 1.10 bits per heavy atom. The lowest BCUT2D eigenvalue weighted by Crippen LogP contribution is -2.05. The average molecular weight is 284 g/mol. The van der Waals surface area contributed by atoms with Crippen molar-refractivity contribution in [1.82, 2.24) is 0 Å². The number of rotatable bonds is 6. The molecule has 0 radical (unpaired) electrons. The number of aliphatic carboxylic acids is 1. The van der Waals surface area contributed by atoms with Gasteiger partial charge < -0.3 is 14.6 Å². The normalized spacial score (nSPS) is 11.0. The monoisotopic (exact) mass is 284 g/mol. The molecule has 4 heteroatoms. The number of methoxy groups -OCH3 is 1. The highest BCUT2D eigenvalue weighted by atomic mass is 16.5. The standard InChI is InChI=1S/C17H16O4/c1-20-15-9-7-13(8-10-15)11-16(17(18)19)21-12-14-5-3-2-4-6-14/h2-11H,12H2,1H3,(H,18,19)/b16-11-. The fraction of sp³-hybridized carbons (Fsp3) is 0.118. The van der Waals surface area contributed by atoms with E-state index in [1.54, 1.807) is 31.4 Å². The van der Waals surface area contributed by atoms with Crippen molar-refractivity contribution in [2.45, 2.75) is 6.61 Å². The minimum Gasteiger partial charge on any atom is -0.497 e. The van der Waals surface area contributed by atoms with Gasteiger partial charge in [0, 0.05) is 0 Å². The molecule has 0 amide bonds. The van der Waals surface area contributed by atoms with Gasteiger partial charge in [0.05, 0.1) is 7.11 Å². The molecule has 0 spiro atoms. The highest BCUT2D eigenvalue weighted by Gasteiger charge is 2.09. The number of ether oxygens (including phenoxy) is 2. The number of benzene rings is 2. The fourth-order valence-corrected chi connectivity index (χ4v) is 1.75. The van der Waals surface area contributed by atoms with E-state index in [0.717, 1.165) is 11.1 Å². The second kappa shape index (κ2) is 7.14. The highest BCUT2D eigenvalue weighted by Crippen LogP contribution is 2.15. The van der Waals surface area contributed by atoms with Crippen molar-refractivity contribution >= 4 is 12.0 Å². The topological polar surface area (TPSA) is 55.8 Å². The smallest absolute Gasteiger partial charge is 0.371 e. The van der Waals surface area contributed by atoms with Crippen LogP contribution in [0.2, 0.25) is 0 Å². The molecule has 1 N–H and O–H groups in total. The summed E-state index contributed by atoms with van der Waals surface area (Å²) in [4.78, 5) is 11.2. The predicted octanol–water partition coefficient (Wildman–Crippen LogP) is 3.34. The van der Waals surface area contributed by atoms with Crippen LogP contribution in [0.1, 0.15) is 11.1 Å². The molecular formula is C17H16O4. The van der Waals surface area contributed by atoms with Crippen molar-refractivity contribution in [3.05, 3.63) is 71.5 Å². The molecule has 2 rings (SSSR count). The van der Waals surface area contributed by atoms with E-state index in [-0.39, 0.29) is 12.4 Å². The third kappa shape index (κ3) is 4.38. The highest BCUT2D eigenvalue weighted by molar-refractivity contribution is 5.89. The summed E-state index contributed by atoms with van der Waals surface area (Å²) >= 11 is 0. The zero-order chi connectivity index (χ0) is 15.1. The first-order valence-corrected chi connectivity index (χ1v) is 6.45. The molecule has 0 bridgehead atoms. The second-order valence-electron chi connectivity index (χ2n) is 4.36. The van der Waals surface area contributed by atoms with E-state index in [0.29, 0.717) is 5.75 Å². The summed E-state index contributed by atoms with van der Waals surface area (Å²) < 4.78 is 10.4. The molecule has 0 aliphatic carbocycles. The molecule has 0 aromatic heterocycles. The summed E-state index contributed by atoms with van der Waals surface area (Å²) in [5, 5.41) is 9.20. The summed E-state index contributed by atoms with van der Waals surface area (Å²) in [7, 11) is 1.58. The van der Waals surface area contributed by atoms with E-state index in [1.807, 2.05) is 30.3 Å². The SMILES string of the molecule is COc1ccc(/C=C(\OCc2ccccc2)C(=O)O)cc1. The maximum absolute atomic E-state index is 11.2. The summed E-state index contributed by atoms with van der Waals surface area (Å²) in [5.41, 5.74) is 1.65. The van der Waals surface area contributed by atoms with Gasteiger partial charge in [0.25, 0.3) is 0 Å². The van der Waals surface area contributed by atoms with Gasteiger partial charge in [-0.25, -0.2) is 4.79 Å². The van der Waals surface area contributed by atoms with Crippen LogP contribution in [0.5, 0.6) is 5.75 Å². The first-order valence-electron chi connectivity index (χ1n) is 6.45. The molecule has 0 aliphatic rings. The molecule has 2 aromatic carbocycles. The Bertz CT molecular complexity index is 615. The summed E-state index contributed by atoms with van der Waals surface area (Å²) in [5.74, 6) is -0.472. The molecule has 0 fully saturated rings. The zero-order valence-electron chi connectivity index (χ0n) is 11.7. The van der Waals surface area contributed by atoms with E-state index in [9.17, 15) is 9.90 Å². The third-order valence-electron chi connectivity index (χ3n) is 2.86. The molecule has 0 atom stereocenters. The number of hydrogen-bond donors (Lipinski definition) is 1.